The number of hydrogen-bond donors (Lipinski definition) is 1. The first kappa shape index (κ1) is 15.5. The van der Waals surface area contributed by atoms with Gasteiger partial charge in [0, 0.05) is 36.6 Å². The molecule has 23 heavy (non-hydrogen) atoms. The Morgan fingerprint density at radius 3 is 2.91 bits per heavy atom. The summed E-state index contributed by atoms with van der Waals surface area (Å²) < 4.78 is 0. The van der Waals surface area contributed by atoms with Gasteiger partial charge in [-0.1, -0.05) is 11.6 Å². The summed E-state index contributed by atoms with van der Waals surface area (Å²) in [6.45, 7) is 4.09. The zero-order valence-corrected chi connectivity index (χ0v) is 14.6. The van der Waals surface area contributed by atoms with E-state index in [2.05, 4.69) is 25.6 Å². The topological polar surface area (TPSA) is 41.1 Å². The zero-order chi connectivity index (χ0) is 15.7. The van der Waals surface area contributed by atoms with Crippen molar-refractivity contribution in [1.29, 1.82) is 0 Å². The lowest BCUT2D eigenvalue weighted by Gasteiger charge is -2.29. The highest BCUT2D eigenvalue weighted by molar-refractivity contribution is 7.09. The van der Waals surface area contributed by atoms with E-state index in [0.29, 0.717) is 11.5 Å². The number of halogens is 1. The lowest BCUT2D eigenvalue weighted by Crippen LogP contribution is -2.35. The molecule has 2 aromatic heterocycles. The van der Waals surface area contributed by atoms with Gasteiger partial charge in [-0.05, 0) is 49.4 Å². The van der Waals surface area contributed by atoms with Crippen LogP contribution in [0.3, 0.4) is 0 Å². The summed E-state index contributed by atoms with van der Waals surface area (Å²) >= 11 is 8.08. The van der Waals surface area contributed by atoms with Gasteiger partial charge in [-0.2, -0.15) is 0 Å². The third-order valence-electron chi connectivity index (χ3n) is 5.24. The van der Waals surface area contributed by atoms with E-state index in [1.165, 1.54) is 24.3 Å². The smallest absolute Gasteiger partial charge is 0.107 e. The van der Waals surface area contributed by atoms with E-state index >= 15 is 0 Å². The van der Waals surface area contributed by atoms with Crippen molar-refractivity contribution in [2.45, 2.75) is 38.4 Å². The van der Waals surface area contributed by atoms with Crippen molar-refractivity contribution in [3.05, 3.63) is 45.6 Å². The number of hydrogen-bond acceptors (Lipinski definition) is 5. The summed E-state index contributed by atoms with van der Waals surface area (Å²) in [6.07, 6.45) is 9.35. The van der Waals surface area contributed by atoms with Crippen LogP contribution in [-0.4, -0.2) is 34.0 Å². The maximum absolute atomic E-state index is 6.34. The van der Waals surface area contributed by atoms with Crippen LogP contribution in [0.25, 0.3) is 0 Å². The molecular formula is C17H21ClN4S. The van der Waals surface area contributed by atoms with Gasteiger partial charge in [-0.15, -0.1) is 11.3 Å². The normalized spacial score (nSPS) is 22.6. The van der Waals surface area contributed by atoms with E-state index in [1.54, 1.807) is 17.5 Å². The van der Waals surface area contributed by atoms with Crippen molar-refractivity contribution in [2.75, 3.05) is 13.1 Å². The minimum Gasteiger partial charge on any atom is -0.317 e. The molecule has 1 saturated heterocycles. The molecule has 6 heteroatoms. The van der Waals surface area contributed by atoms with Crippen molar-refractivity contribution < 1.29 is 0 Å². The molecule has 1 N–H and O–H groups in total. The molecule has 2 aromatic rings. The SMILES string of the molecule is Clc1cnccc1CN(Cc1nccs1)[C@@H]1CC12CCNCC2. The molecule has 0 radical (unpaired) electrons. The fourth-order valence-corrected chi connectivity index (χ4v) is 4.66. The van der Waals surface area contributed by atoms with Gasteiger partial charge in [0.25, 0.3) is 0 Å². The maximum Gasteiger partial charge on any atom is 0.107 e. The largest absolute Gasteiger partial charge is 0.317 e. The van der Waals surface area contributed by atoms with E-state index in [9.17, 15) is 0 Å². The number of aromatic nitrogens is 2. The van der Waals surface area contributed by atoms with Gasteiger partial charge in [0.15, 0.2) is 0 Å². The lowest BCUT2D eigenvalue weighted by atomic mass is 9.93. The van der Waals surface area contributed by atoms with E-state index < -0.39 is 0 Å². The van der Waals surface area contributed by atoms with E-state index in [0.717, 1.165) is 36.8 Å². The Bertz CT molecular complexity index is 654. The van der Waals surface area contributed by atoms with Crippen LogP contribution in [0, 0.1) is 5.41 Å². The average Bonchev–Trinajstić information content (AvgIpc) is 3.01. The van der Waals surface area contributed by atoms with E-state index in [1.807, 2.05) is 18.5 Å². The van der Waals surface area contributed by atoms with Crippen LogP contribution in [0.2, 0.25) is 5.02 Å². The van der Waals surface area contributed by atoms with Gasteiger partial charge in [-0.3, -0.25) is 9.88 Å². The average molecular weight is 349 g/mol. The molecule has 1 saturated carbocycles. The second kappa shape index (κ2) is 6.48. The molecule has 3 heterocycles. The standard InChI is InChI=1S/C17H21ClN4S/c18-14-10-20-4-1-13(14)11-22(12-16-21-7-8-23-16)15-9-17(15)2-5-19-6-3-17/h1,4,7-8,10,15,19H,2-3,5-6,9,11-12H2/t15-/m1/s1. The molecule has 2 aliphatic rings. The molecule has 1 atom stereocenters. The fourth-order valence-electron chi connectivity index (χ4n) is 3.84. The first-order valence-electron chi connectivity index (χ1n) is 8.18. The predicted octanol–water partition coefficient (Wildman–Crippen LogP) is 3.34. The summed E-state index contributed by atoms with van der Waals surface area (Å²) in [4.78, 5) is 11.2. The predicted molar refractivity (Wildman–Crippen MR) is 93.5 cm³/mol. The summed E-state index contributed by atoms with van der Waals surface area (Å²) in [5.74, 6) is 0. The minimum atomic E-state index is 0.516. The highest BCUT2D eigenvalue weighted by Crippen LogP contribution is 2.56. The summed E-state index contributed by atoms with van der Waals surface area (Å²) in [5.41, 5.74) is 1.68. The molecular weight excluding hydrogens is 328 g/mol. The van der Waals surface area contributed by atoms with Crippen molar-refractivity contribution in [2.24, 2.45) is 5.41 Å². The van der Waals surface area contributed by atoms with Gasteiger partial charge >= 0.3 is 0 Å². The third kappa shape index (κ3) is 3.29. The molecule has 0 aromatic carbocycles. The number of pyridine rings is 1. The first-order chi connectivity index (χ1) is 11.3. The lowest BCUT2D eigenvalue weighted by molar-refractivity contribution is 0.188. The molecule has 4 nitrogen and oxygen atoms in total. The van der Waals surface area contributed by atoms with Crippen molar-refractivity contribution in [3.63, 3.8) is 0 Å². The Balaban J connectivity index is 1.53. The summed E-state index contributed by atoms with van der Waals surface area (Å²) in [7, 11) is 0. The minimum absolute atomic E-state index is 0.516. The first-order valence-corrected chi connectivity index (χ1v) is 9.44. The fraction of sp³-hybridized carbons (Fsp3) is 0.529. The van der Waals surface area contributed by atoms with Crippen molar-refractivity contribution in [3.8, 4) is 0 Å². The number of rotatable bonds is 5. The van der Waals surface area contributed by atoms with Gasteiger partial charge in [0.2, 0.25) is 0 Å². The van der Waals surface area contributed by atoms with Crippen LogP contribution < -0.4 is 5.32 Å². The molecule has 1 spiro atoms. The Morgan fingerprint density at radius 1 is 1.30 bits per heavy atom. The van der Waals surface area contributed by atoms with E-state index in [4.69, 9.17) is 11.6 Å². The molecule has 1 aliphatic carbocycles. The van der Waals surface area contributed by atoms with Gasteiger partial charge in [0.05, 0.1) is 11.6 Å². The molecule has 1 aliphatic heterocycles. The molecule has 0 bridgehead atoms. The Morgan fingerprint density at radius 2 is 2.17 bits per heavy atom. The van der Waals surface area contributed by atoms with Crippen LogP contribution in [0.1, 0.15) is 29.8 Å². The number of thiazole rings is 1. The van der Waals surface area contributed by atoms with Crippen LogP contribution in [-0.2, 0) is 13.1 Å². The second-order valence-corrected chi connectivity index (χ2v) is 8.02. The molecule has 122 valence electrons. The molecule has 0 unspecified atom stereocenters. The Hall–Kier alpha value is -1.01. The quantitative estimate of drug-likeness (QED) is 0.899. The maximum atomic E-state index is 6.34. The number of nitrogens with one attached hydrogen (secondary N) is 1. The van der Waals surface area contributed by atoms with Crippen LogP contribution in [0.4, 0.5) is 0 Å². The van der Waals surface area contributed by atoms with Crippen molar-refractivity contribution in [1.82, 2.24) is 20.2 Å². The van der Waals surface area contributed by atoms with Gasteiger partial charge < -0.3 is 5.32 Å². The van der Waals surface area contributed by atoms with Crippen LogP contribution in [0.15, 0.2) is 30.0 Å². The monoisotopic (exact) mass is 348 g/mol. The number of nitrogens with zero attached hydrogens (tertiary/aromatic N) is 3. The molecule has 0 amide bonds. The summed E-state index contributed by atoms with van der Waals surface area (Å²) in [5, 5.41) is 7.49. The third-order valence-corrected chi connectivity index (χ3v) is 6.34. The zero-order valence-electron chi connectivity index (χ0n) is 13.0. The Labute approximate surface area is 145 Å². The molecule has 2 fully saturated rings. The Kier molecular flexibility index (Phi) is 4.37. The molecule has 4 rings (SSSR count). The highest BCUT2D eigenvalue weighted by Gasteiger charge is 2.56. The van der Waals surface area contributed by atoms with E-state index in [-0.39, 0.29) is 0 Å². The van der Waals surface area contributed by atoms with Gasteiger partial charge in [-0.25, -0.2) is 4.98 Å². The van der Waals surface area contributed by atoms with Gasteiger partial charge in [0.1, 0.15) is 5.01 Å². The second-order valence-electron chi connectivity index (χ2n) is 6.63. The van der Waals surface area contributed by atoms with Crippen molar-refractivity contribution >= 4 is 22.9 Å². The summed E-state index contributed by atoms with van der Waals surface area (Å²) in [6, 6.07) is 2.69. The van der Waals surface area contributed by atoms with Crippen LogP contribution in [0.5, 0.6) is 0 Å². The number of piperidine rings is 1. The highest BCUT2D eigenvalue weighted by atomic mass is 35.5. The van der Waals surface area contributed by atoms with Crippen LogP contribution >= 0.6 is 22.9 Å².